The minimum Gasteiger partial charge on any atom is -0.317 e. The van der Waals surface area contributed by atoms with Crippen molar-refractivity contribution in [3.8, 4) is 0 Å². The molecule has 0 unspecified atom stereocenters. The van der Waals surface area contributed by atoms with Crippen molar-refractivity contribution >= 4 is 68.0 Å². The van der Waals surface area contributed by atoms with Gasteiger partial charge in [0.15, 0.2) is 0 Å². The van der Waals surface area contributed by atoms with E-state index in [1.807, 2.05) is 0 Å². The summed E-state index contributed by atoms with van der Waals surface area (Å²) in [5.74, 6) is -10.6. The van der Waals surface area contributed by atoms with Crippen molar-refractivity contribution in [2.75, 3.05) is 21.3 Å². The van der Waals surface area contributed by atoms with E-state index in [1.54, 1.807) is 0 Å². The number of alkyl halides is 12. The average molecular weight is 662 g/mol. The fourth-order valence-electron chi connectivity index (χ4n) is 2.50. The van der Waals surface area contributed by atoms with Crippen LogP contribution in [0.15, 0.2) is 46.2 Å². The number of carbonyl (C=O) groups excluding carboxylic acids is 4. The molecule has 0 heterocycles. The number of nitrogens with one attached hydrogen (secondary N) is 4. The summed E-state index contributed by atoms with van der Waals surface area (Å²) in [6.07, 6.45) is -22.2. The zero-order chi connectivity index (χ0) is 32.3. The van der Waals surface area contributed by atoms with Gasteiger partial charge in [-0.2, -0.15) is 52.7 Å². The molecule has 0 aliphatic heterocycles. The zero-order valence-electron chi connectivity index (χ0n) is 19.4. The quantitative estimate of drug-likeness (QED) is 0.199. The average Bonchev–Trinajstić information content (AvgIpc) is 2.82. The van der Waals surface area contributed by atoms with Crippen LogP contribution in [0.5, 0.6) is 0 Å². The molecule has 0 aliphatic carbocycles. The second-order valence-electron chi connectivity index (χ2n) is 7.34. The maximum atomic E-state index is 12.8. The Morgan fingerprint density at radius 2 is 0.619 bits per heavy atom. The van der Waals surface area contributed by atoms with E-state index in [4.69, 9.17) is 0 Å². The van der Waals surface area contributed by atoms with Crippen molar-refractivity contribution in [3.05, 3.63) is 36.4 Å². The summed E-state index contributed by atoms with van der Waals surface area (Å²) < 4.78 is 154. The largest absolute Gasteiger partial charge is 0.471 e. The minimum absolute atomic E-state index is 0.0169. The molecule has 42 heavy (non-hydrogen) atoms. The van der Waals surface area contributed by atoms with Crippen LogP contribution < -0.4 is 21.3 Å². The van der Waals surface area contributed by atoms with Gasteiger partial charge < -0.3 is 21.3 Å². The Morgan fingerprint density at radius 3 is 0.786 bits per heavy atom. The molecule has 0 aromatic heterocycles. The lowest BCUT2D eigenvalue weighted by Crippen LogP contribution is -2.31. The van der Waals surface area contributed by atoms with E-state index in [0.717, 1.165) is 12.1 Å². The number of hydrogen-bond acceptors (Lipinski definition) is 6. The summed E-state index contributed by atoms with van der Waals surface area (Å²) in [5, 5.41) is 5.22. The van der Waals surface area contributed by atoms with Gasteiger partial charge in [0.05, 0.1) is 32.5 Å². The Morgan fingerprint density at radius 1 is 0.429 bits per heavy atom. The molecule has 0 bridgehead atoms. The molecule has 8 nitrogen and oxygen atoms in total. The van der Waals surface area contributed by atoms with Crippen LogP contribution in [0.1, 0.15) is 0 Å². The van der Waals surface area contributed by atoms with Gasteiger partial charge in [0.2, 0.25) is 0 Å². The topological polar surface area (TPSA) is 116 Å². The van der Waals surface area contributed by atoms with Gasteiger partial charge in [0.25, 0.3) is 0 Å². The normalized spacial score (nSPS) is 12.4. The second-order valence-corrected chi connectivity index (χ2v) is 9.49. The molecule has 2 rings (SSSR count). The van der Waals surface area contributed by atoms with Crippen LogP contribution in [0.3, 0.4) is 0 Å². The van der Waals surface area contributed by atoms with Crippen molar-refractivity contribution in [1.29, 1.82) is 0 Å². The van der Waals surface area contributed by atoms with E-state index in [-0.39, 0.29) is 21.6 Å². The number of anilines is 4. The lowest BCUT2D eigenvalue weighted by Gasteiger charge is -2.19. The van der Waals surface area contributed by atoms with Crippen LogP contribution in [0, 0.1) is 0 Å². The number of halogens is 12. The minimum atomic E-state index is -5.54. The fourth-order valence-corrected chi connectivity index (χ4v) is 5.08. The molecule has 0 saturated heterocycles. The van der Waals surface area contributed by atoms with E-state index >= 15 is 0 Å². The smallest absolute Gasteiger partial charge is 0.317 e. The van der Waals surface area contributed by atoms with Crippen molar-refractivity contribution in [2.24, 2.45) is 0 Å². The molecule has 0 saturated carbocycles. The van der Waals surface area contributed by atoms with E-state index < -0.39 is 80.9 Å². The Hall–Kier alpha value is -3.82. The molecule has 22 heteroatoms. The van der Waals surface area contributed by atoms with Gasteiger partial charge >= 0.3 is 48.3 Å². The summed E-state index contributed by atoms with van der Waals surface area (Å²) in [5.41, 5.74) is -3.64. The maximum absolute atomic E-state index is 12.8. The molecular formula is C20H10F12N4O4S2. The molecule has 0 fully saturated rings. The van der Waals surface area contributed by atoms with E-state index in [2.05, 4.69) is 0 Å². The molecule has 0 radical (unpaired) electrons. The number of carbonyl (C=O) groups is 4. The monoisotopic (exact) mass is 662 g/mol. The first kappa shape index (κ1) is 34.4. The Kier molecular flexibility index (Phi) is 10.3. The predicted octanol–water partition coefficient (Wildman–Crippen LogP) is 6.49. The highest BCUT2D eigenvalue weighted by Gasteiger charge is 2.42. The van der Waals surface area contributed by atoms with E-state index in [1.165, 1.54) is 21.3 Å². The molecule has 0 spiro atoms. The van der Waals surface area contributed by atoms with Crippen molar-refractivity contribution in [1.82, 2.24) is 0 Å². The summed E-state index contributed by atoms with van der Waals surface area (Å²) in [4.78, 5) is 44.2. The molecule has 4 N–H and O–H groups in total. The van der Waals surface area contributed by atoms with Gasteiger partial charge in [-0.05, 0) is 45.9 Å². The van der Waals surface area contributed by atoms with Crippen molar-refractivity contribution in [3.63, 3.8) is 0 Å². The van der Waals surface area contributed by atoms with Gasteiger partial charge in [-0.3, -0.25) is 19.2 Å². The van der Waals surface area contributed by atoms with Crippen LogP contribution in [-0.2, 0) is 19.2 Å². The van der Waals surface area contributed by atoms with Crippen LogP contribution >= 0.6 is 21.6 Å². The summed E-state index contributed by atoms with van der Waals surface area (Å²) in [6, 6.07) is 4.41. The first-order valence-corrected chi connectivity index (χ1v) is 12.3. The standard InChI is InChI=1S/C20H10F12N4O4S2/c21-17(22,23)13(37)33-7-3-1-4-8(34-14(38)18(24,25)26)11(7)41-42-12-9(35-15(39)19(27,28)29)5-2-6-10(12)36-16(40)20(30,31)32/h1-6H,(H,33,37)(H,34,38)(H,35,39)(H,36,40). The number of rotatable bonds is 7. The van der Waals surface area contributed by atoms with Crippen molar-refractivity contribution < 1.29 is 71.9 Å². The molecule has 2 aromatic rings. The van der Waals surface area contributed by atoms with Crippen LogP contribution in [0.4, 0.5) is 75.4 Å². The third kappa shape index (κ3) is 9.36. The lowest BCUT2D eigenvalue weighted by molar-refractivity contribution is -0.167. The Labute approximate surface area is 232 Å². The molecule has 0 atom stereocenters. The van der Waals surface area contributed by atoms with Gasteiger partial charge in [0.1, 0.15) is 0 Å². The Balaban J connectivity index is 2.64. The first-order valence-electron chi connectivity index (χ1n) is 10.1. The number of benzene rings is 2. The summed E-state index contributed by atoms with van der Waals surface area (Å²) in [7, 11) is 0.0338. The van der Waals surface area contributed by atoms with E-state index in [0.29, 0.717) is 24.3 Å². The maximum Gasteiger partial charge on any atom is 0.471 e. The third-order valence-corrected chi connectivity index (χ3v) is 6.81. The number of hydrogen-bond donors (Lipinski definition) is 4. The molecule has 2 aromatic carbocycles. The SMILES string of the molecule is O=C(Nc1cccc(NC(=O)C(F)(F)F)c1SSc1c(NC(=O)C(F)(F)F)cccc1NC(=O)C(F)(F)F)C(F)(F)F. The second kappa shape index (κ2) is 12.6. The first-order chi connectivity index (χ1) is 19.0. The van der Waals surface area contributed by atoms with Crippen LogP contribution in [0.25, 0.3) is 0 Å². The highest BCUT2D eigenvalue weighted by atomic mass is 33.1. The lowest BCUT2D eigenvalue weighted by atomic mass is 10.2. The zero-order valence-corrected chi connectivity index (χ0v) is 21.1. The van der Waals surface area contributed by atoms with Gasteiger partial charge in [-0.25, -0.2) is 0 Å². The fraction of sp³-hybridized carbons (Fsp3) is 0.200. The summed E-state index contributed by atoms with van der Waals surface area (Å²) >= 11 is 0. The van der Waals surface area contributed by atoms with Gasteiger partial charge in [0, 0.05) is 0 Å². The third-order valence-electron chi connectivity index (χ3n) is 4.26. The van der Waals surface area contributed by atoms with Crippen LogP contribution in [-0.4, -0.2) is 48.3 Å². The summed E-state index contributed by atoms with van der Waals surface area (Å²) in [6.45, 7) is 0. The molecule has 0 aliphatic rings. The molecule has 230 valence electrons. The van der Waals surface area contributed by atoms with Gasteiger partial charge in [-0.1, -0.05) is 12.1 Å². The molecular weight excluding hydrogens is 652 g/mol. The predicted molar refractivity (Wildman–Crippen MR) is 123 cm³/mol. The highest BCUT2D eigenvalue weighted by Crippen LogP contribution is 2.50. The van der Waals surface area contributed by atoms with Crippen molar-refractivity contribution in [2.45, 2.75) is 34.5 Å². The highest BCUT2D eigenvalue weighted by molar-refractivity contribution is 8.76. The number of amides is 4. The van der Waals surface area contributed by atoms with Gasteiger partial charge in [-0.15, -0.1) is 0 Å². The van der Waals surface area contributed by atoms with E-state index in [9.17, 15) is 71.9 Å². The Bertz CT molecular complexity index is 1180. The molecule has 4 amide bonds. The van der Waals surface area contributed by atoms with Crippen LogP contribution in [0.2, 0.25) is 0 Å².